The van der Waals surface area contributed by atoms with Crippen LogP contribution in [0.5, 0.6) is 5.88 Å². The van der Waals surface area contributed by atoms with E-state index in [2.05, 4.69) is 63.0 Å². The van der Waals surface area contributed by atoms with Crippen LogP contribution in [0.3, 0.4) is 0 Å². The summed E-state index contributed by atoms with van der Waals surface area (Å²) in [4.78, 5) is 31.8. The summed E-state index contributed by atoms with van der Waals surface area (Å²) >= 11 is 0. The van der Waals surface area contributed by atoms with Gasteiger partial charge in [-0.3, -0.25) is 4.79 Å². The fourth-order valence-electron chi connectivity index (χ4n) is 5.89. The van der Waals surface area contributed by atoms with Crippen LogP contribution in [0.4, 0.5) is 17.3 Å². The molecule has 2 unspecified atom stereocenters. The lowest BCUT2D eigenvalue weighted by Gasteiger charge is -2.44. The molecule has 4 aromatic rings. The van der Waals surface area contributed by atoms with E-state index in [-0.39, 0.29) is 5.56 Å². The van der Waals surface area contributed by atoms with Gasteiger partial charge in [-0.05, 0) is 68.6 Å². The van der Waals surface area contributed by atoms with Crippen molar-refractivity contribution in [3.8, 4) is 11.7 Å². The van der Waals surface area contributed by atoms with Crippen molar-refractivity contribution in [3.63, 3.8) is 0 Å². The van der Waals surface area contributed by atoms with Crippen LogP contribution in [0.2, 0.25) is 0 Å². The highest BCUT2D eigenvalue weighted by atomic mass is 16.5. The SMILES string of the molecule is C=CCn1c(=O)c2cnc(Nc3ccc(N4CCC5CN(C)CCC5C4)cc3)nc2n1-c1cccc(OC)n1. The number of fused-ring (bicyclic) bond motifs is 2. The van der Waals surface area contributed by atoms with E-state index in [1.807, 2.05) is 12.1 Å². The molecule has 3 aromatic heterocycles. The number of hydrogen-bond acceptors (Lipinski definition) is 8. The van der Waals surface area contributed by atoms with Crippen molar-refractivity contribution < 1.29 is 4.74 Å². The first-order chi connectivity index (χ1) is 19.0. The molecule has 1 aromatic carbocycles. The minimum Gasteiger partial charge on any atom is -0.481 e. The molecule has 2 aliphatic rings. The molecular weight excluding hydrogens is 492 g/mol. The molecule has 0 bridgehead atoms. The van der Waals surface area contributed by atoms with Crippen LogP contribution in [0, 0.1) is 11.8 Å². The Balaban J connectivity index is 1.25. The average Bonchev–Trinajstić information content (AvgIpc) is 3.23. The predicted octanol–water partition coefficient (Wildman–Crippen LogP) is 3.69. The molecule has 10 heteroatoms. The Kier molecular flexibility index (Phi) is 6.78. The number of rotatable bonds is 7. The first-order valence-corrected chi connectivity index (χ1v) is 13.5. The van der Waals surface area contributed by atoms with Gasteiger partial charge in [0.05, 0.1) is 13.7 Å². The first kappa shape index (κ1) is 25.1. The Morgan fingerprint density at radius 3 is 2.67 bits per heavy atom. The third-order valence-corrected chi connectivity index (χ3v) is 7.92. The maximum Gasteiger partial charge on any atom is 0.278 e. The number of nitrogens with zero attached hydrogens (tertiary/aromatic N) is 7. The highest BCUT2D eigenvalue weighted by Gasteiger charge is 2.33. The lowest BCUT2D eigenvalue weighted by atomic mass is 9.80. The molecule has 2 fully saturated rings. The molecule has 10 nitrogen and oxygen atoms in total. The second kappa shape index (κ2) is 10.5. The summed E-state index contributed by atoms with van der Waals surface area (Å²) in [6, 6.07) is 13.8. The van der Waals surface area contributed by atoms with Crippen molar-refractivity contribution in [2.24, 2.45) is 11.8 Å². The highest BCUT2D eigenvalue weighted by Crippen LogP contribution is 2.33. The van der Waals surface area contributed by atoms with E-state index in [0.717, 1.165) is 30.6 Å². The minimum atomic E-state index is -0.209. The second-order valence-electron chi connectivity index (χ2n) is 10.4. The van der Waals surface area contributed by atoms with E-state index < -0.39 is 0 Å². The smallest absolute Gasteiger partial charge is 0.278 e. The number of piperidine rings is 2. The Morgan fingerprint density at radius 1 is 1.08 bits per heavy atom. The average molecular weight is 527 g/mol. The zero-order valence-electron chi connectivity index (χ0n) is 22.5. The fraction of sp³-hybridized carbons (Fsp3) is 0.379. The molecule has 1 N–H and O–H groups in total. The molecule has 0 spiro atoms. The van der Waals surface area contributed by atoms with E-state index in [4.69, 9.17) is 9.72 Å². The number of likely N-dealkylation sites (tertiary alicyclic amines) is 1. The minimum absolute atomic E-state index is 0.209. The number of nitrogens with one attached hydrogen (secondary N) is 1. The number of hydrogen-bond donors (Lipinski definition) is 1. The Morgan fingerprint density at radius 2 is 1.87 bits per heavy atom. The topological polar surface area (TPSA) is 93.3 Å². The van der Waals surface area contributed by atoms with Crippen LogP contribution in [-0.2, 0) is 6.54 Å². The molecule has 0 aliphatic carbocycles. The summed E-state index contributed by atoms with van der Waals surface area (Å²) in [6.07, 6.45) is 5.75. The largest absolute Gasteiger partial charge is 0.481 e. The first-order valence-electron chi connectivity index (χ1n) is 13.5. The second-order valence-corrected chi connectivity index (χ2v) is 10.4. The molecule has 6 rings (SSSR count). The van der Waals surface area contributed by atoms with E-state index in [1.165, 1.54) is 31.6 Å². The predicted molar refractivity (Wildman–Crippen MR) is 153 cm³/mol. The summed E-state index contributed by atoms with van der Waals surface area (Å²) < 4.78 is 8.53. The van der Waals surface area contributed by atoms with Crippen molar-refractivity contribution in [1.82, 2.24) is 29.2 Å². The van der Waals surface area contributed by atoms with Crippen molar-refractivity contribution >= 4 is 28.4 Å². The van der Waals surface area contributed by atoms with E-state index in [9.17, 15) is 4.79 Å². The quantitative estimate of drug-likeness (QED) is 0.365. The third kappa shape index (κ3) is 4.87. The monoisotopic (exact) mass is 526 g/mol. The molecule has 2 saturated heterocycles. The van der Waals surface area contributed by atoms with Gasteiger partial charge in [-0.15, -0.1) is 6.58 Å². The summed E-state index contributed by atoms with van der Waals surface area (Å²) in [5, 5.41) is 3.70. The molecule has 5 heterocycles. The standard InChI is InChI=1S/C29H34N8O2/c1-4-14-36-28(38)24-17-30-29(33-27(24)37(36)25-6-5-7-26(32-25)39-3)31-22-8-10-23(11-9-22)35-16-13-20-18-34(2)15-12-21(20)19-35/h4-11,17,20-21H,1,12-16,18-19H2,2-3H3,(H,30,31,33). The maximum absolute atomic E-state index is 13.2. The number of allylic oxidation sites excluding steroid dienone is 1. The number of anilines is 3. The number of ether oxygens (including phenoxy) is 1. The van der Waals surface area contributed by atoms with Gasteiger partial charge in [0, 0.05) is 43.3 Å². The van der Waals surface area contributed by atoms with Gasteiger partial charge in [0.25, 0.3) is 5.56 Å². The number of methoxy groups -OCH3 is 1. The van der Waals surface area contributed by atoms with Gasteiger partial charge in [-0.1, -0.05) is 12.1 Å². The Labute approximate surface area is 227 Å². The number of pyridine rings is 1. The van der Waals surface area contributed by atoms with Gasteiger partial charge >= 0.3 is 0 Å². The number of aromatic nitrogens is 5. The van der Waals surface area contributed by atoms with Crippen molar-refractivity contribution in [3.05, 3.63) is 71.7 Å². The van der Waals surface area contributed by atoms with Crippen LogP contribution in [0.25, 0.3) is 16.9 Å². The summed E-state index contributed by atoms with van der Waals surface area (Å²) in [6.45, 7) is 8.75. The van der Waals surface area contributed by atoms with Gasteiger partial charge in [0.1, 0.15) is 5.39 Å². The molecule has 0 saturated carbocycles. The van der Waals surface area contributed by atoms with Gasteiger partial charge in [-0.25, -0.2) is 14.3 Å². The van der Waals surface area contributed by atoms with Gasteiger partial charge in [0.15, 0.2) is 11.5 Å². The van der Waals surface area contributed by atoms with Crippen molar-refractivity contribution in [2.75, 3.05) is 50.6 Å². The lowest BCUT2D eigenvalue weighted by molar-refractivity contribution is 0.125. The third-order valence-electron chi connectivity index (χ3n) is 7.92. The summed E-state index contributed by atoms with van der Waals surface area (Å²) in [5.74, 6) is 2.96. The number of benzene rings is 1. The zero-order valence-corrected chi connectivity index (χ0v) is 22.5. The Bertz CT molecular complexity index is 1540. The van der Waals surface area contributed by atoms with Crippen molar-refractivity contribution in [2.45, 2.75) is 19.4 Å². The molecule has 2 aliphatic heterocycles. The van der Waals surface area contributed by atoms with Crippen LogP contribution >= 0.6 is 0 Å². The van der Waals surface area contributed by atoms with Crippen LogP contribution in [-0.4, -0.2) is 69.6 Å². The fourth-order valence-corrected chi connectivity index (χ4v) is 5.89. The van der Waals surface area contributed by atoms with E-state index in [1.54, 1.807) is 34.8 Å². The van der Waals surface area contributed by atoms with Gasteiger partial charge in [0.2, 0.25) is 11.8 Å². The Hall–Kier alpha value is -4.18. The normalized spacial score (nSPS) is 19.6. The van der Waals surface area contributed by atoms with Gasteiger partial charge < -0.3 is 19.9 Å². The lowest BCUT2D eigenvalue weighted by Crippen LogP contribution is -2.48. The summed E-state index contributed by atoms with van der Waals surface area (Å²) in [7, 11) is 3.80. The zero-order chi connectivity index (χ0) is 26.9. The van der Waals surface area contributed by atoms with Crippen LogP contribution < -0.4 is 20.5 Å². The highest BCUT2D eigenvalue weighted by molar-refractivity contribution is 5.77. The molecule has 202 valence electrons. The maximum atomic E-state index is 13.2. The molecule has 39 heavy (non-hydrogen) atoms. The van der Waals surface area contributed by atoms with Crippen molar-refractivity contribution in [1.29, 1.82) is 0 Å². The van der Waals surface area contributed by atoms with Crippen LogP contribution in [0.15, 0.2) is 66.1 Å². The van der Waals surface area contributed by atoms with E-state index >= 15 is 0 Å². The van der Waals surface area contributed by atoms with E-state index in [0.29, 0.717) is 35.2 Å². The molecule has 0 amide bonds. The van der Waals surface area contributed by atoms with Crippen LogP contribution in [0.1, 0.15) is 12.8 Å². The molecule has 2 atom stereocenters. The summed E-state index contributed by atoms with van der Waals surface area (Å²) in [5.41, 5.74) is 2.37. The molecule has 0 radical (unpaired) electrons. The van der Waals surface area contributed by atoms with Gasteiger partial charge in [-0.2, -0.15) is 9.97 Å². The molecular formula is C29H34N8O2.